The first-order chi connectivity index (χ1) is 8.36. The van der Waals surface area contributed by atoms with E-state index in [9.17, 15) is 0 Å². The average Bonchev–Trinajstić information content (AvgIpc) is 2.76. The van der Waals surface area contributed by atoms with Gasteiger partial charge in [0.2, 0.25) is 17.6 Å². The highest BCUT2D eigenvalue weighted by atomic mass is 35.5. The highest BCUT2D eigenvalue weighted by Gasteiger charge is 2.24. The van der Waals surface area contributed by atoms with Crippen LogP contribution in [-0.4, -0.2) is 28.8 Å². The molecule has 18 heavy (non-hydrogen) atoms. The molecule has 1 atom stereocenters. The van der Waals surface area contributed by atoms with Gasteiger partial charge in [0, 0.05) is 17.8 Å². The van der Waals surface area contributed by atoms with Crippen molar-refractivity contribution >= 4 is 12.4 Å². The van der Waals surface area contributed by atoms with Crippen LogP contribution in [0.2, 0.25) is 0 Å². The van der Waals surface area contributed by atoms with E-state index in [-0.39, 0.29) is 18.4 Å². The van der Waals surface area contributed by atoms with Gasteiger partial charge in [0.15, 0.2) is 0 Å². The summed E-state index contributed by atoms with van der Waals surface area (Å²) in [7, 11) is 1.58. The number of ether oxygens (including phenoxy) is 1. The Bertz CT molecular complexity index is 510. The molecular weight excluding hydrogens is 256 g/mol. The van der Waals surface area contributed by atoms with Crippen LogP contribution in [0.15, 0.2) is 22.9 Å². The summed E-state index contributed by atoms with van der Waals surface area (Å²) in [5, 5.41) is 7.15. The quantitative estimate of drug-likeness (QED) is 0.911. The smallest absolute Gasteiger partial charge is 0.244 e. The molecule has 3 rings (SSSR count). The SMILES string of the molecule is COc1ccc(-c2noc([C@H]3CCN3)n2)cn1.Cl. The van der Waals surface area contributed by atoms with Gasteiger partial charge < -0.3 is 14.6 Å². The molecule has 6 nitrogen and oxygen atoms in total. The van der Waals surface area contributed by atoms with Crippen molar-refractivity contribution in [3.05, 3.63) is 24.2 Å². The number of nitrogens with zero attached hydrogens (tertiary/aromatic N) is 3. The van der Waals surface area contributed by atoms with Gasteiger partial charge in [-0.15, -0.1) is 12.4 Å². The van der Waals surface area contributed by atoms with Crippen molar-refractivity contribution in [2.24, 2.45) is 0 Å². The largest absolute Gasteiger partial charge is 0.481 e. The second-order valence-corrected chi connectivity index (χ2v) is 3.84. The molecule has 1 aliphatic rings. The van der Waals surface area contributed by atoms with Crippen LogP contribution in [0.3, 0.4) is 0 Å². The zero-order valence-corrected chi connectivity index (χ0v) is 10.6. The maximum atomic E-state index is 5.20. The molecule has 0 radical (unpaired) electrons. The molecule has 7 heteroatoms. The number of rotatable bonds is 3. The molecule has 3 heterocycles. The Morgan fingerprint density at radius 1 is 1.44 bits per heavy atom. The van der Waals surface area contributed by atoms with Crippen molar-refractivity contribution in [2.75, 3.05) is 13.7 Å². The summed E-state index contributed by atoms with van der Waals surface area (Å²) in [4.78, 5) is 8.44. The Hall–Kier alpha value is -1.66. The van der Waals surface area contributed by atoms with E-state index in [1.807, 2.05) is 6.07 Å². The van der Waals surface area contributed by atoms with Gasteiger partial charge in [-0.2, -0.15) is 4.98 Å². The number of nitrogens with one attached hydrogen (secondary N) is 1. The topological polar surface area (TPSA) is 73.1 Å². The summed E-state index contributed by atoms with van der Waals surface area (Å²) in [5.74, 6) is 1.77. The summed E-state index contributed by atoms with van der Waals surface area (Å²) in [6.07, 6.45) is 2.71. The van der Waals surface area contributed by atoms with Gasteiger partial charge in [-0.25, -0.2) is 4.98 Å². The predicted molar refractivity (Wildman–Crippen MR) is 66.7 cm³/mol. The average molecular weight is 269 g/mol. The Labute approximate surface area is 110 Å². The summed E-state index contributed by atoms with van der Waals surface area (Å²) < 4.78 is 10.2. The molecule has 0 unspecified atom stereocenters. The zero-order valence-electron chi connectivity index (χ0n) is 9.79. The van der Waals surface area contributed by atoms with Crippen molar-refractivity contribution in [2.45, 2.75) is 12.5 Å². The van der Waals surface area contributed by atoms with E-state index in [1.165, 1.54) is 0 Å². The summed E-state index contributed by atoms with van der Waals surface area (Å²) in [6.45, 7) is 1.01. The molecule has 0 spiro atoms. The van der Waals surface area contributed by atoms with E-state index in [4.69, 9.17) is 9.26 Å². The number of hydrogen-bond acceptors (Lipinski definition) is 6. The predicted octanol–water partition coefficient (Wildman–Crippen LogP) is 1.60. The third-order valence-electron chi connectivity index (χ3n) is 2.77. The first kappa shape index (κ1) is 12.8. The summed E-state index contributed by atoms with van der Waals surface area (Å²) in [5.41, 5.74) is 0.820. The lowest BCUT2D eigenvalue weighted by Gasteiger charge is -2.23. The van der Waals surface area contributed by atoms with Crippen molar-refractivity contribution in [3.63, 3.8) is 0 Å². The first-order valence-electron chi connectivity index (χ1n) is 5.44. The molecule has 1 aliphatic heterocycles. The Morgan fingerprint density at radius 2 is 2.28 bits per heavy atom. The van der Waals surface area contributed by atoms with Gasteiger partial charge in [-0.3, -0.25) is 0 Å². The lowest BCUT2D eigenvalue weighted by atomic mass is 10.1. The van der Waals surface area contributed by atoms with Gasteiger partial charge >= 0.3 is 0 Å². The monoisotopic (exact) mass is 268 g/mol. The fraction of sp³-hybridized carbons (Fsp3) is 0.364. The minimum atomic E-state index is 0. The molecule has 0 bridgehead atoms. The fourth-order valence-corrected chi connectivity index (χ4v) is 1.63. The second kappa shape index (κ2) is 5.32. The molecule has 1 fully saturated rings. The van der Waals surface area contributed by atoms with E-state index in [1.54, 1.807) is 19.4 Å². The molecule has 1 saturated heterocycles. The van der Waals surface area contributed by atoms with Crippen LogP contribution in [0.5, 0.6) is 5.88 Å². The number of halogens is 1. The van der Waals surface area contributed by atoms with Crippen molar-refractivity contribution in [1.29, 1.82) is 0 Å². The van der Waals surface area contributed by atoms with Gasteiger partial charge in [-0.1, -0.05) is 5.16 Å². The maximum absolute atomic E-state index is 5.20. The minimum absolute atomic E-state index is 0. The van der Waals surface area contributed by atoms with Crippen LogP contribution in [0.1, 0.15) is 18.4 Å². The molecule has 96 valence electrons. The van der Waals surface area contributed by atoms with E-state index >= 15 is 0 Å². The number of hydrogen-bond donors (Lipinski definition) is 1. The van der Waals surface area contributed by atoms with Crippen molar-refractivity contribution in [3.8, 4) is 17.3 Å². The maximum Gasteiger partial charge on any atom is 0.244 e. The fourth-order valence-electron chi connectivity index (χ4n) is 1.63. The third-order valence-corrected chi connectivity index (χ3v) is 2.77. The van der Waals surface area contributed by atoms with Crippen LogP contribution in [0.4, 0.5) is 0 Å². The van der Waals surface area contributed by atoms with Crippen molar-refractivity contribution < 1.29 is 9.26 Å². The first-order valence-corrected chi connectivity index (χ1v) is 5.44. The minimum Gasteiger partial charge on any atom is -0.481 e. The van der Waals surface area contributed by atoms with E-state index in [0.717, 1.165) is 18.5 Å². The number of methoxy groups -OCH3 is 1. The Balaban J connectivity index is 0.00000120. The second-order valence-electron chi connectivity index (χ2n) is 3.84. The highest BCUT2D eigenvalue weighted by Crippen LogP contribution is 2.24. The Kier molecular flexibility index (Phi) is 3.78. The van der Waals surface area contributed by atoms with Crippen LogP contribution < -0.4 is 10.1 Å². The molecule has 0 aromatic carbocycles. The number of pyridine rings is 1. The van der Waals surface area contributed by atoms with Gasteiger partial charge in [-0.05, 0) is 19.0 Å². The van der Waals surface area contributed by atoms with Gasteiger partial charge in [0.05, 0.1) is 13.2 Å². The summed E-state index contributed by atoms with van der Waals surface area (Å²) in [6, 6.07) is 3.84. The normalized spacial score (nSPS) is 17.7. The van der Waals surface area contributed by atoms with E-state index in [0.29, 0.717) is 17.6 Å². The highest BCUT2D eigenvalue weighted by molar-refractivity contribution is 5.85. The molecular formula is C11H13ClN4O2. The van der Waals surface area contributed by atoms with Crippen LogP contribution in [-0.2, 0) is 0 Å². The van der Waals surface area contributed by atoms with Gasteiger partial charge in [0.1, 0.15) is 0 Å². The van der Waals surface area contributed by atoms with Crippen LogP contribution in [0, 0.1) is 0 Å². The summed E-state index contributed by atoms with van der Waals surface area (Å²) >= 11 is 0. The molecule has 2 aromatic rings. The standard InChI is InChI=1S/C11H12N4O2.ClH/c1-16-9-3-2-7(6-13-9)10-14-11(17-15-10)8-4-5-12-8;/h2-3,6,8,12H,4-5H2,1H3;1H/t8-;/m1./s1. The molecule has 0 aliphatic carbocycles. The van der Waals surface area contributed by atoms with E-state index < -0.39 is 0 Å². The lowest BCUT2D eigenvalue weighted by molar-refractivity contribution is 0.273. The van der Waals surface area contributed by atoms with E-state index in [2.05, 4.69) is 20.4 Å². The van der Waals surface area contributed by atoms with Gasteiger partial charge in [0.25, 0.3) is 0 Å². The Morgan fingerprint density at radius 3 is 2.83 bits per heavy atom. The molecule has 0 amide bonds. The number of aromatic nitrogens is 3. The molecule has 1 N–H and O–H groups in total. The van der Waals surface area contributed by atoms with Crippen molar-refractivity contribution in [1.82, 2.24) is 20.4 Å². The molecule has 0 saturated carbocycles. The van der Waals surface area contributed by atoms with Crippen LogP contribution in [0.25, 0.3) is 11.4 Å². The third kappa shape index (κ3) is 2.30. The molecule has 2 aromatic heterocycles. The van der Waals surface area contributed by atoms with Crippen LogP contribution >= 0.6 is 12.4 Å². The zero-order chi connectivity index (χ0) is 11.7. The lowest BCUT2D eigenvalue weighted by Crippen LogP contribution is -2.35.